The zero-order valence-corrected chi connectivity index (χ0v) is 14.1. The fourth-order valence-electron chi connectivity index (χ4n) is 3.48. The van der Waals surface area contributed by atoms with Gasteiger partial charge in [0.25, 0.3) is 0 Å². The SMILES string of the molecule is C[C@H](c1nc2ccccc2s1)N1CCN([C@@H]2CCOC2=O)CC1. The van der Waals surface area contributed by atoms with Gasteiger partial charge in [0.2, 0.25) is 0 Å². The molecule has 0 spiro atoms. The molecule has 3 heterocycles. The van der Waals surface area contributed by atoms with Crippen LogP contribution < -0.4 is 0 Å². The van der Waals surface area contributed by atoms with Crippen molar-refractivity contribution < 1.29 is 9.53 Å². The van der Waals surface area contributed by atoms with Crippen LogP contribution in [0.15, 0.2) is 24.3 Å². The molecule has 0 bridgehead atoms. The van der Waals surface area contributed by atoms with Gasteiger partial charge in [-0.3, -0.25) is 14.6 Å². The second-order valence-electron chi connectivity index (χ2n) is 6.24. The van der Waals surface area contributed by atoms with E-state index >= 15 is 0 Å². The average molecular weight is 331 g/mol. The van der Waals surface area contributed by atoms with Crippen LogP contribution in [-0.4, -0.2) is 59.6 Å². The van der Waals surface area contributed by atoms with Crippen LogP contribution in [0.4, 0.5) is 0 Å². The highest BCUT2D eigenvalue weighted by Gasteiger charge is 2.35. The fourth-order valence-corrected chi connectivity index (χ4v) is 4.53. The van der Waals surface area contributed by atoms with Crippen LogP contribution in [0.3, 0.4) is 0 Å². The maximum Gasteiger partial charge on any atom is 0.323 e. The normalized spacial score (nSPS) is 24.9. The first-order valence-corrected chi connectivity index (χ1v) is 9.04. The lowest BCUT2D eigenvalue weighted by atomic mass is 10.1. The Bertz CT molecular complexity index is 676. The number of para-hydroxylation sites is 1. The summed E-state index contributed by atoms with van der Waals surface area (Å²) in [4.78, 5) is 21.3. The van der Waals surface area contributed by atoms with Crippen LogP contribution in [0.2, 0.25) is 0 Å². The highest BCUT2D eigenvalue weighted by Crippen LogP contribution is 2.30. The lowest BCUT2D eigenvalue weighted by molar-refractivity contribution is -0.142. The molecule has 2 aliphatic rings. The molecule has 2 atom stereocenters. The Hall–Kier alpha value is -1.50. The van der Waals surface area contributed by atoms with Crippen LogP contribution in [-0.2, 0) is 9.53 Å². The molecule has 4 rings (SSSR count). The Morgan fingerprint density at radius 1 is 1.26 bits per heavy atom. The molecule has 2 saturated heterocycles. The zero-order chi connectivity index (χ0) is 15.8. The van der Waals surface area contributed by atoms with Crippen LogP contribution in [0.25, 0.3) is 10.2 Å². The molecule has 0 aliphatic carbocycles. The van der Waals surface area contributed by atoms with Crippen LogP contribution in [0.1, 0.15) is 24.4 Å². The lowest BCUT2D eigenvalue weighted by Gasteiger charge is -2.38. The largest absolute Gasteiger partial charge is 0.464 e. The van der Waals surface area contributed by atoms with Gasteiger partial charge in [-0.25, -0.2) is 4.98 Å². The molecule has 1 aromatic heterocycles. The highest BCUT2D eigenvalue weighted by molar-refractivity contribution is 7.18. The molecule has 122 valence electrons. The standard InChI is InChI=1S/C17H21N3O2S/c1-12(16-18-13-4-2-3-5-15(13)23-16)19-7-9-20(10-8-19)14-6-11-22-17(14)21/h2-5,12,14H,6-11H2,1H3/t12-,14-/m1/s1. The van der Waals surface area contributed by atoms with E-state index in [1.165, 1.54) is 9.71 Å². The van der Waals surface area contributed by atoms with Crippen molar-refractivity contribution in [1.82, 2.24) is 14.8 Å². The van der Waals surface area contributed by atoms with Crippen LogP contribution in [0, 0.1) is 0 Å². The monoisotopic (exact) mass is 331 g/mol. The van der Waals surface area contributed by atoms with E-state index in [9.17, 15) is 4.79 Å². The molecule has 0 N–H and O–H groups in total. The highest BCUT2D eigenvalue weighted by atomic mass is 32.1. The summed E-state index contributed by atoms with van der Waals surface area (Å²) in [6.45, 7) is 6.61. The number of esters is 1. The lowest BCUT2D eigenvalue weighted by Crippen LogP contribution is -2.52. The van der Waals surface area contributed by atoms with Crippen molar-refractivity contribution in [2.75, 3.05) is 32.8 Å². The number of aromatic nitrogens is 1. The Kier molecular flexibility index (Phi) is 4.05. The fraction of sp³-hybridized carbons (Fsp3) is 0.529. The second-order valence-corrected chi connectivity index (χ2v) is 7.30. The first-order valence-electron chi connectivity index (χ1n) is 8.22. The summed E-state index contributed by atoms with van der Waals surface area (Å²) in [5, 5.41) is 1.18. The van der Waals surface area contributed by atoms with E-state index in [0.717, 1.165) is 38.1 Å². The molecular formula is C17H21N3O2S. The molecule has 0 saturated carbocycles. The van der Waals surface area contributed by atoms with Gasteiger partial charge in [-0.1, -0.05) is 12.1 Å². The topological polar surface area (TPSA) is 45.7 Å². The van der Waals surface area contributed by atoms with E-state index in [2.05, 4.69) is 34.9 Å². The Balaban J connectivity index is 1.42. The van der Waals surface area contributed by atoms with Crippen molar-refractivity contribution in [3.8, 4) is 0 Å². The van der Waals surface area contributed by atoms with Crippen molar-refractivity contribution in [2.24, 2.45) is 0 Å². The summed E-state index contributed by atoms with van der Waals surface area (Å²) in [7, 11) is 0. The van der Waals surface area contributed by atoms with Gasteiger partial charge in [0, 0.05) is 32.6 Å². The van der Waals surface area contributed by atoms with Gasteiger partial charge in [0.05, 0.1) is 22.9 Å². The maximum atomic E-state index is 11.7. The Morgan fingerprint density at radius 3 is 2.74 bits per heavy atom. The second kappa shape index (κ2) is 6.19. The van der Waals surface area contributed by atoms with Crippen molar-refractivity contribution in [3.63, 3.8) is 0 Å². The quantitative estimate of drug-likeness (QED) is 0.808. The minimum Gasteiger partial charge on any atom is -0.464 e. The minimum absolute atomic E-state index is 0.0186. The van der Waals surface area contributed by atoms with Crippen LogP contribution >= 0.6 is 11.3 Å². The number of carbonyl (C=O) groups is 1. The van der Waals surface area contributed by atoms with Crippen molar-refractivity contribution in [3.05, 3.63) is 29.3 Å². The van der Waals surface area contributed by atoms with E-state index in [-0.39, 0.29) is 12.0 Å². The van der Waals surface area contributed by atoms with E-state index in [4.69, 9.17) is 9.72 Å². The number of fused-ring (bicyclic) bond motifs is 1. The van der Waals surface area contributed by atoms with Crippen molar-refractivity contribution >= 4 is 27.5 Å². The molecule has 0 radical (unpaired) electrons. The van der Waals surface area contributed by atoms with Gasteiger partial charge in [-0.2, -0.15) is 0 Å². The number of nitrogens with zero attached hydrogens (tertiary/aromatic N) is 3. The third kappa shape index (κ3) is 2.86. The molecule has 2 aliphatic heterocycles. The molecule has 6 heteroatoms. The van der Waals surface area contributed by atoms with E-state index in [0.29, 0.717) is 12.6 Å². The molecule has 1 aromatic carbocycles. The molecule has 0 unspecified atom stereocenters. The first-order chi connectivity index (χ1) is 11.2. The summed E-state index contributed by atoms with van der Waals surface area (Å²) in [5.41, 5.74) is 1.09. The predicted molar refractivity (Wildman–Crippen MR) is 90.5 cm³/mol. The van der Waals surface area contributed by atoms with Gasteiger partial charge in [0.15, 0.2) is 0 Å². The summed E-state index contributed by atoms with van der Waals surface area (Å²) in [6, 6.07) is 8.61. The number of hydrogen-bond donors (Lipinski definition) is 0. The van der Waals surface area contributed by atoms with E-state index in [1.54, 1.807) is 11.3 Å². The molecule has 2 aromatic rings. The number of thiazole rings is 1. The first kappa shape index (κ1) is 15.1. The predicted octanol–water partition coefficient (Wildman–Crippen LogP) is 2.29. The van der Waals surface area contributed by atoms with Crippen molar-refractivity contribution in [2.45, 2.75) is 25.4 Å². The third-order valence-corrected chi connectivity index (χ3v) is 6.12. The van der Waals surface area contributed by atoms with Gasteiger partial charge in [-0.05, 0) is 19.1 Å². The summed E-state index contributed by atoms with van der Waals surface area (Å²) in [6.07, 6.45) is 0.840. The Labute approximate surface area is 139 Å². The number of rotatable bonds is 3. The molecule has 0 amide bonds. The number of benzene rings is 1. The third-order valence-electron chi connectivity index (χ3n) is 4.91. The average Bonchev–Trinajstić information content (AvgIpc) is 3.20. The minimum atomic E-state index is -0.0438. The van der Waals surface area contributed by atoms with E-state index < -0.39 is 0 Å². The number of ether oxygens (including phenoxy) is 1. The smallest absolute Gasteiger partial charge is 0.323 e. The van der Waals surface area contributed by atoms with E-state index in [1.807, 2.05) is 6.07 Å². The molecular weight excluding hydrogens is 310 g/mol. The number of cyclic esters (lactones) is 1. The van der Waals surface area contributed by atoms with Crippen LogP contribution in [0.5, 0.6) is 0 Å². The number of carbonyl (C=O) groups excluding carboxylic acids is 1. The molecule has 5 nitrogen and oxygen atoms in total. The van der Waals surface area contributed by atoms with Gasteiger partial charge >= 0.3 is 5.97 Å². The van der Waals surface area contributed by atoms with Gasteiger partial charge in [-0.15, -0.1) is 11.3 Å². The Morgan fingerprint density at radius 2 is 2.04 bits per heavy atom. The number of hydrogen-bond acceptors (Lipinski definition) is 6. The zero-order valence-electron chi connectivity index (χ0n) is 13.3. The van der Waals surface area contributed by atoms with Gasteiger partial charge < -0.3 is 4.74 Å². The maximum absolute atomic E-state index is 11.7. The molecule has 2 fully saturated rings. The summed E-state index contributed by atoms with van der Waals surface area (Å²) < 4.78 is 6.35. The van der Waals surface area contributed by atoms with Gasteiger partial charge in [0.1, 0.15) is 11.0 Å². The van der Waals surface area contributed by atoms with Crippen molar-refractivity contribution in [1.29, 1.82) is 0 Å². The molecule has 23 heavy (non-hydrogen) atoms. The summed E-state index contributed by atoms with van der Waals surface area (Å²) >= 11 is 1.79. The number of piperazine rings is 1. The summed E-state index contributed by atoms with van der Waals surface area (Å²) in [5.74, 6) is -0.0438.